The van der Waals surface area contributed by atoms with Crippen molar-refractivity contribution in [2.45, 2.75) is 58.6 Å². The van der Waals surface area contributed by atoms with Gasteiger partial charge in [-0.3, -0.25) is 19.3 Å². The number of likely N-dealkylation sites (N-methyl/N-ethyl adjacent to an activating group) is 1. The van der Waals surface area contributed by atoms with Crippen LogP contribution in [0.2, 0.25) is 0 Å². The van der Waals surface area contributed by atoms with Crippen LogP contribution in [0.1, 0.15) is 46.5 Å². The second-order valence-corrected chi connectivity index (χ2v) is 6.19. The molecule has 7 nitrogen and oxygen atoms in total. The normalized spacial score (nSPS) is 26.5. The number of fused-ring (bicyclic) bond motifs is 1. The first-order valence-electron chi connectivity index (χ1n) is 8.23. The molecular formula is C16H24N2O5. The SMILES string of the molecule is CCNC(=O)[C@H](C)OC(=O)[C@H](C)N1C(=O)[C@H]2CCCC[C@H]2C1=O. The average Bonchev–Trinajstić information content (AvgIpc) is 2.78. The Labute approximate surface area is 135 Å². The minimum absolute atomic E-state index is 0.283. The molecular weight excluding hydrogens is 300 g/mol. The van der Waals surface area contributed by atoms with Gasteiger partial charge in [-0.15, -0.1) is 0 Å². The van der Waals surface area contributed by atoms with E-state index in [1.54, 1.807) is 6.92 Å². The summed E-state index contributed by atoms with van der Waals surface area (Å²) in [5.41, 5.74) is 0. The summed E-state index contributed by atoms with van der Waals surface area (Å²) in [6.07, 6.45) is 2.30. The van der Waals surface area contributed by atoms with Gasteiger partial charge in [-0.2, -0.15) is 0 Å². The van der Waals surface area contributed by atoms with Crippen LogP contribution in [-0.2, 0) is 23.9 Å². The number of rotatable bonds is 5. The molecule has 1 saturated carbocycles. The number of nitrogens with one attached hydrogen (secondary N) is 1. The Bertz CT molecular complexity index is 495. The van der Waals surface area contributed by atoms with Gasteiger partial charge in [0, 0.05) is 6.54 Å². The largest absolute Gasteiger partial charge is 0.451 e. The molecule has 1 N–H and O–H groups in total. The van der Waals surface area contributed by atoms with Gasteiger partial charge in [0.1, 0.15) is 6.04 Å². The summed E-state index contributed by atoms with van der Waals surface area (Å²) in [6.45, 7) is 5.13. The van der Waals surface area contributed by atoms with Crippen molar-refractivity contribution in [1.82, 2.24) is 10.2 Å². The third-order valence-corrected chi connectivity index (χ3v) is 4.62. The van der Waals surface area contributed by atoms with Gasteiger partial charge in [-0.1, -0.05) is 12.8 Å². The number of esters is 1. The fraction of sp³-hybridized carbons (Fsp3) is 0.750. The average molecular weight is 324 g/mol. The number of ether oxygens (including phenoxy) is 1. The first kappa shape index (κ1) is 17.4. The topological polar surface area (TPSA) is 92.8 Å². The molecule has 0 radical (unpaired) electrons. The molecule has 4 atom stereocenters. The molecule has 3 amide bonds. The number of amides is 3. The molecule has 128 valence electrons. The zero-order valence-corrected chi connectivity index (χ0v) is 13.8. The van der Waals surface area contributed by atoms with E-state index in [-0.39, 0.29) is 23.7 Å². The summed E-state index contributed by atoms with van der Waals surface area (Å²) < 4.78 is 5.09. The molecule has 0 bridgehead atoms. The highest BCUT2D eigenvalue weighted by Crippen LogP contribution is 2.38. The van der Waals surface area contributed by atoms with Crippen LogP contribution >= 0.6 is 0 Å². The van der Waals surface area contributed by atoms with Crippen LogP contribution in [0.15, 0.2) is 0 Å². The van der Waals surface area contributed by atoms with Gasteiger partial charge in [-0.05, 0) is 33.6 Å². The van der Waals surface area contributed by atoms with Crippen LogP contribution in [-0.4, -0.2) is 47.3 Å². The lowest BCUT2D eigenvalue weighted by molar-refractivity contribution is -0.164. The summed E-state index contributed by atoms with van der Waals surface area (Å²) >= 11 is 0. The smallest absolute Gasteiger partial charge is 0.329 e. The molecule has 23 heavy (non-hydrogen) atoms. The van der Waals surface area contributed by atoms with Crippen molar-refractivity contribution in [3.8, 4) is 0 Å². The number of imide groups is 1. The molecule has 0 spiro atoms. The third kappa shape index (κ3) is 3.38. The molecule has 1 saturated heterocycles. The van der Waals surface area contributed by atoms with Crippen LogP contribution < -0.4 is 5.32 Å². The molecule has 1 aliphatic carbocycles. The number of hydrogen-bond acceptors (Lipinski definition) is 5. The number of carbonyl (C=O) groups excluding carboxylic acids is 4. The van der Waals surface area contributed by atoms with E-state index in [0.717, 1.165) is 17.7 Å². The van der Waals surface area contributed by atoms with E-state index >= 15 is 0 Å². The molecule has 0 aromatic carbocycles. The quantitative estimate of drug-likeness (QED) is 0.591. The van der Waals surface area contributed by atoms with Gasteiger partial charge in [0.15, 0.2) is 6.10 Å². The predicted octanol–water partition coefficient (Wildman–Crippen LogP) is 0.618. The molecule has 0 aromatic heterocycles. The molecule has 0 unspecified atom stereocenters. The third-order valence-electron chi connectivity index (χ3n) is 4.62. The maximum atomic E-state index is 12.4. The van der Waals surface area contributed by atoms with Crippen molar-refractivity contribution in [2.24, 2.45) is 11.8 Å². The van der Waals surface area contributed by atoms with Crippen LogP contribution in [0.4, 0.5) is 0 Å². The molecule has 2 fully saturated rings. The Balaban J connectivity index is 2.03. The first-order chi connectivity index (χ1) is 10.9. The minimum Gasteiger partial charge on any atom is -0.451 e. The van der Waals surface area contributed by atoms with Crippen molar-refractivity contribution in [3.63, 3.8) is 0 Å². The van der Waals surface area contributed by atoms with E-state index in [1.807, 2.05) is 0 Å². The molecule has 1 heterocycles. The minimum atomic E-state index is -1.00. The second kappa shape index (κ2) is 7.10. The van der Waals surface area contributed by atoms with E-state index in [2.05, 4.69) is 5.32 Å². The summed E-state index contributed by atoms with van der Waals surface area (Å²) in [4.78, 5) is 49.7. The number of nitrogens with zero attached hydrogens (tertiary/aromatic N) is 1. The van der Waals surface area contributed by atoms with Crippen molar-refractivity contribution in [3.05, 3.63) is 0 Å². The van der Waals surface area contributed by atoms with Crippen LogP contribution in [0.25, 0.3) is 0 Å². The standard InChI is InChI=1S/C16H24N2O5/c1-4-17-13(19)10(3)23-16(22)9(2)18-14(20)11-7-5-6-8-12(11)15(18)21/h9-12H,4-8H2,1-3H3,(H,17,19)/t9-,10-,11-,12+/m0/s1. The van der Waals surface area contributed by atoms with Crippen molar-refractivity contribution in [2.75, 3.05) is 6.54 Å². The van der Waals surface area contributed by atoms with Crippen LogP contribution in [0.3, 0.4) is 0 Å². The molecule has 1 aliphatic heterocycles. The molecule has 2 aliphatic rings. The van der Waals surface area contributed by atoms with Gasteiger partial charge in [0.2, 0.25) is 11.8 Å². The van der Waals surface area contributed by atoms with Gasteiger partial charge in [0.05, 0.1) is 11.8 Å². The highest BCUT2D eigenvalue weighted by Gasteiger charge is 2.51. The number of likely N-dealkylation sites (tertiary alicyclic amines) is 1. The van der Waals surface area contributed by atoms with E-state index in [1.165, 1.54) is 13.8 Å². The van der Waals surface area contributed by atoms with Gasteiger partial charge < -0.3 is 10.1 Å². The highest BCUT2D eigenvalue weighted by atomic mass is 16.5. The zero-order valence-electron chi connectivity index (χ0n) is 13.8. The van der Waals surface area contributed by atoms with E-state index in [9.17, 15) is 19.2 Å². The fourth-order valence-electron chi connectivity index (χ4n) is 3.32. The fourth-order valence-corrected chi connectivity index (χ4v) is 3.32. The molecule has 0 aromatic rings. The monoisotopic (exact) mass is 324 g/mol. The lowest BCUT2D eigenvalue weighted by Gasteiger charge is -2.23. The van der Waals surface area contributed by atoms with Crippen molar-refractivity contribution in [1.29, 1.82) is 0 Å². The number of hydrogen-bond donors (Lipinski definition) is 1. The van der Waals surface area contributed by atoms with Crippen molar-refractivity contribution >= 4 is 23.7 Å². The zero-order chi connectivity index (χ0) is 17.1. The Kier molecular flexibility index (Phi) is 5.38. The van der Waals surface area contributed by atoms with Gasteiger partial charge >= 0.3 is 5.97 Å². The molecule has 7 heteroatoms. The Morgan fingerprint density at radius 2 is 1.70 bits per heavy atom. The van der Waals surface area contributed by atoms with Gasteiger partial charge in [-0.25, -0.2) is 4.79 Å². The summed E-state index contributed by atoms with van der Waals surface area (Å²) in [6, 6.07) is -1.00. The highest BCUT2D eigenvalue weighted by molar-refractivity contribution is 6.07. The summed E-state index contributed by atoms with van der Waals surface area (Å²) in [5, 5.41) is 2.55. The second-order valence-electron chi connectivity index (χ2n) is 6.19. The molecule has 2 rings (SSSR count). The van der Waals surface area contributed by atoms with E-state index < -0.39 is 24.0 Å². The predicted molar refractivity (Wildman–Crippen MR) is 81.0 cm³/mol. The van der Waals surface area contributed by atoms with Crippen molar-refractivity contribution < 1.29 is 23.9 Å². The summed E-state index contributed by atoms with van der Waals surface area (Å²) in [7, 11) is 0. The van der Waals surface area contributed by atoms with Gasteiger partial charge in [0.25, 0.3) is 5.91 Å². The Morgan fingerprint density at radius 1 is 1.17 bits per heavy atom. The first-order valence-corrected chi connectivity index (χ1v) is 8.23. The van der Waals surface area contributed by atoms with Crippen LogP contribution in [0, 0.1) is 11.8 Å². The maximum absolute atomic E-state index is 12.4. The lowest BCUT2D eigenvalue weighted by Crippen LogP contribution is -2.46. The summed E-state index contributed by atoms with van der Waals surface area (Å²) in [5.74, 6) is -2.30. The Morgan fingerprint density at radius 3 is 2.17 bits per heavy atom. The number of carbonyl (C=O) groups is 4. The maximum Gasteiger partial charge on any atom is 0.329 e. The Hall–Kier alpha value is -1.92. The van der Waals surface area contributed by atoms with E-state index in [4.69, 9.17) is 4.74 Å². The van der Waals surface area contributed by atoms with Crippen LogP contribution in [0.5, 0.6) is 0 Å². The van der Waals surface area contributed by atoms with E-state index in [0.29, 0.717) is 19.4 Å². The lowest BCUT2D eigenvalue weighted by atomic mass is 9.81.